The van der Waals surface area contributed by atoms with Gasteiger partial charge in [0.25, 0.3) is 0 Å². The topological polar surface area (TPSA) is 0 Å². The van der Waals surface area contributed by atoms with E-state index in [4.69, 9.17) is 0 Å². The van der Waals surface area contributed by atoms with Gasteiger partial charge in [0.15, 0.2) is 0 Å². The second kappa shape index (κ2) is 8.93. The van der Waals surface area contributed by atoms with Gasteiger partial charge < -0.3 is 0 Å². The van der Waals surface area contributed by atoms with E-state index in [2.05, 4.69) is 13.2 Å². The molecule has 1 heteroatoms. The zero-order valence-corrected chi connectivity index (χ0v) is 4.54. The van der Waals surface area contributed by atoms with Crippen LogP contribution in [0.3, 0.4) is 0 Å². The second-order valence-electron chi connectivity index (χ2n) is 0.471. The van der Waals surface area contributed by atoms with Crippen molar-refractivity contribution in [1.82, 2.24) is 0 Å². The van der Waals surface area contributed by atoms with Crippen LogP contribution < -0.4 is 0 Å². The fourth-order valence-corrected chi connectivity index (χ4v) is 0. The number of hydrogen-bond donors (Lipinski definition) is 0. The Hall–Kier alpha value is 0.103. The third-order valence-corrected chi connectivity index (χ3v) is 0.167. The van der Waals surface area contributed by atoms with Crippen LogP contribution in [0, 0.1) is 0 Å². The summed E-state index contributed by atoms with van der Waals surface area (Å²) in [5.41, 5.74) is 0. The van der Waals surface area contributed by atoms with Crippen molar-refractivity contribution in [2.24, 2.45) is 0 Å². The zero-order valence-electron chi connectivity index (χ0n) is 2.90. The van der Waals surface area contributed by atoms with Crippen molar-refractivity contribution in [3.63, 3.8) is 0 Å². The fourth-order valence-electron chi connectivity index (χ4n) is 0. The first-order valence-corrected chi connectivity index (χ1v) is 1.15. The van der Waals surface area contributed by atoms with Gasteiger partial charge in [0.2, 0.25) is 0 Å². The smallest absolute Gasteiger partial charge is 0 e. The Morgan fingerprint density at radius 1 is 1.00 bits per heavy atom. The summed E-state index contributed by atoms with van der Waals surface area (Å²) in [5.74, 6) is 0. The molecule has 31 valence electrons. The Morgan fingerprint density at radius 2 is 1.20 bits per heavy atom. The Morgan fingerprint density at radius 3 is 1.20 bits per heavy atom. The Kier molecular flexibility index (Phi) is 15.9. The number of hydrogen-bond acceptors (Lipinski definition) is 0. The van der Waals surface area contributed by atoms with Gasteiger partial charge in [0, 0.05) is 19.5 Å². The summed E-state index contributed by atoms with van der Waals surface area (Å²) in [5, 5.41) is 0. The van der Waals surface area contributed by atoms with E-state index in [-0.39, 0.29) is 19.5 Å². The van der Waals surface area contributed by atoms with Gasteiger partial charge in [-0.25, -0.2) is 0 Å². The van der Waals surface area contributed by atoms with Crippen LogP contribution in [0.2, 0.25) is 0 Å². The van der Waals surface area contributed by atoms with E-state index < -0.39 is 0 Å². The van der Waals surface area contributed by atoms with Gasteiger partial charge in [-0.05, 0) is 0 Å². The maximum absolute atomic E-state index is 3.36. The molecule has 0 aliphatic rings. The van der Waals surface area contributed by atoms with Gasteiger partial charge >= 0.3 is 0 Å². The van der Waals surface area contributed by atoms with Gasteiger partial charge in [0.1, 0.15) is 0 Å². The molecular formula is C4H6Rh. The van der Waals surface area contributed by atoms with Gasteiger partial charge in [-0.2, -0.15) is 0 Å². The third-order valence-electron chi connectivity index (χ3n) is 0.167. The third kappa shape index (κ3) is 14.9. The molecule has 0 nitrogen and oxygen atoms in total. The first-order valence-electron chi connectivity index (χ1n) is 1.15. The average molecular weight is 157 g/mol. The van der Waals surface area contributed by atoms with E-state index in [1.165, 1.54) is 0 Å². The standard InChI is InChI=1S/C4H6.Rh/c1-3-4-2;/h3-4H,1-2H2;. The van der Waals surface area contributed by atoms with Crippen molar-refractivity contribution in [2.45, 2.75) is 0 Å². The molecule has 0 fully saturated rings. The van der Waals surface area contributed by atoms with E-state index in [0.717, 1.165) is 0 Å². The first-order chi connectivity index (χ1) is 1.91. The van der Waals surface area contributed by atoms with Crippen LogP contribution in [0.25, 0.3) is 0 Å². The molecule has 5 heavy (non-hydrogen) atoms. The molecule has 0 saturated carbocycles. The van der Waals surface area contributed by atoms with E-state index in [1.54, 1.807) is 12.2 Å². The molecule has 0 aliphatic heterocycles. The molecule has 0 bridgehead atoms. The predicted molar refractivity (Wildman–Crippen MR) is 20.4 cm³/mol. The van der Waals surface area contributed by atoms with Crippen LogP contribution in [0.5, 0.6) is 0 Å². The normalized spacial score (nSPS) is 4.00. The summed E-state index contributed by atoms with van der Waals surface area (Å²) in [6.07, 6.45) is 3.28. The Labute approximate surface area is 45.3 Å². The minimum atomic E-state index is 0. The molecule has 0 aromatic heterocycles. The predicted octanol–water partition coefficient (Wildman–Crippen LogP) is 1.36. The molecule has 0 saturated heterocycles. The quantitative estimate of drug-likeness (QED) is 0.398. The van der Waals surface area contributed by atoms with Gasteiger partial charge in [0.05, 0.1) is 0 Å². The maximum atomic E-state index is 3.36. The summed E-state index contributed by atoms with van der Waals surface area (Å²) in [6, 6.07) is 0. The molecule has 1 radical (unpaired) electrons. The molecule has 0 aromatic rings. The Bertz CT molecular complexity index is 24.6. The molecule has 0 spiro atoms. The summed E-state index contributed by atoms with van der Waals surface area (Å²) in [6.45, 7) is 6.72. The van der Waals surface area contributed by atoms with E-state index in [0.29, 0.717) is 0 Å². The summed E-state index contributed by atoms with van der Waals surface area (Å²) >= 11 is 0. The summed E-state index contributed by atoms with van der Waals surface area (Å²) in [4.78, 5) is 0. The molecule has 0 amide bonds. The van der Waals surface area contributed by atoms with Gasteiger partial charge in [-0.1, -0.05) is 25.3 Å². The molecule has 0 aromatic carbocycles. The molecule has 0 N–H and O–H groups in total. The largest absolute Gasteiger partial charge is 0.0991 e. The van der Waals surface area contributed by atoms with Crippen LogP contribution >= 0.6 is 0 Å². The SMILES string of the molecule is C=CC=C.[Rh]. The number of allylic oxidation sites excluding steroid dienone is 2. The maximum Gasteiger partial charge on any atom is 0 e. The van der Waals surface area contributed by atoms with Crippen molar-refractivity contribution >= 4 is 0 Å². The van der Waals surface area contributed by atoms with Crippen LogP contribution in [-0.4, -0.2) is 0 Å². The first kappa shape index (κ1) is 8.92. The van der Waals surface area contributed by atoms with Gasteiger partial charge in [-0.15, -0.1) is 0 Å². The summed E-state index contributed by atoms with van der Waals surface area (Å²) < 4.78 is 0. The van der Waals surface area contributed by atoms with Crippen LogP contribution in [0.4, 0.5) is 0 Å². The van der Waals surface area contributed by atoms with E-state index in [9.17, 15) is 0 Å². The van der Waals surface area contributed by atoms with E-state index in [1.807, 2.05) is 0 Å². The molecule has 0 unspecified atom stereocenters. The molecular weight excluding hydrogens is 151 g/mol. The monoisotopic (exact) mass is 157 g/mol. The minimum absolute atomic E-state index is 0. The molecule has 0 aliphatic carbocycles. The van der Waals surface area contributed by atoms with Gasteiger partial charge in [-0.3, -0.25) is 0 Å². The molecule has 0 rings (SSSR count). The minimum Gasteiger partial charge on any atom is -0.0991 e. The van der Waals surface area contributed by atoms with Crippen LogP contribution in [0.1, 0.15) is 0 Å². The van der Waals surface area contributed by atoms with Crippen molar-refractivity contribution in [2.75, 3.05) is 0 Å². The van der Waals surface area contributed by atoms with Crippen LogP contribution in [-0.2, 0) is 19.5 Å². The van der Waals surface area contributed by atoms with Crippen molar-refractivity contribution in [3.05, 3.63) is 25.3 Å². The van der Waals surface area contributed by atoms with E-state index >= 15 is 0 Å². The molecule has 0 heterocycles. The Balaban J connectivity index is 0. The van der Waals surface area contributed by atoms with Crippen molar-refractivity contribution in [3.8, 4) is 0 Å². The van der Waals surface area contributed by atoms with Crippen molar-refractivity contribution < 1.29 is 19.5 Å². The van der Waals surface area contributed by atoms with Crippen molar-refractivity contribution in [1.29, 1.82) is 0 Å². The average Bonchev–Trinajstić information content (AvgIpc) is 1.37. The zero-order chi connectivity index (χ0) is 3.41. The molecule has 0 atom stereocenters. The second-order valence-corrected chi connectivity index (χ2v) is 0.471. The number of rotatable bonds is 1. The summed E-state index contributed by atoms with van der Waals surface area (Å²) in [7, 11) is 0. The van der Waals surface area contributed by atoms with Crippen LogP contribution in [0.15, 0.2) is 25.3 Å². The fraction of sp³-hybridized carbons (Fsp3) is 0.